The summed E-state index contributed by atoms with van der Waals surface area (Å²) in [6.45, 7) is 1.97. The first-order valence-electron chi connectivity index (χ1n) is 7.40. The van der Waals surface area contributed by atoms with Crippen LogP contribution in [0.5, 0.6) is 5.75 Å². The second kappa shape index (κ2) is 6.13. The fraction of sp³-hybridized carbons (Fsp3) is 0.167. The molecule has 5 nitrogen and oxygen atoms in total. The normalized spacial score (nSPS) is 14.2. The van der Waals surface area contributed by atoms with Crippen LogP contribution in [0.1, 0.15) is 21.5 Å². The van der Waals surface area contributed by atoms with Crippen molar-refractivity contribution in [1.29, 1.82) is 0 Å². The number of allylic oxidation sites excluding steroid dienone is 1. The van der Waals surface area contributed by atoms with E-state index in [1.54, 1.807) is 42.5 Å². The number of nitrogens with zero attached hydrogens (tertiary/aromatic N) is 1. The highest BCUT2D eigenvalue weighted by atomic mass is 32.2. The van der Waals surface area contributed by atoms with E-state index in [4.69, 9.17) is 4.74 Å². The molecule has 2 aromatic rings. The molecule has 0 amide bonds. The third-order valence-corrected chi connectivity index (χ3v) is 5.66. The van der Waals surface area contributed by atoms with Gasteiger partial charge in [0.15, 0.2) is 5.78 Å². The van der Waals surface area contributed by atoms with Gasteiger partial charge in [0.25, 0.3) is 10.0 Å². The molecule has 124 valence electrons. The zero-order chi connectivity index (χ0) is 17.3. The third kappa shape index (κ3) is 2.92. The molecule has 6 heteroatoms. The summed E-state index contributed by atoms with van der Waals surface area (Å²) in [6, 6.07) is 11.7. The molecule has 3 rings (SSSR count). The molecular weight excluding hydrogens is 326 g/mol. The van der Waals surface area contributed by atoms with Crippen LogP contribution in [0.2, 0.25) is 0 Å². The summed E-state index contributed by atoms with van der Waals surface area (Å²) in [7, 11) is -2.21. The smallest absolute Gasteiger partial charge is 0.264 e. The van der Waals surface area contributed by atoms with Gasteiger partial charge in [0.05, 0.1) is 18.6 Å². The van der Waals surface area contributed by atoms with E-state index in [0.717, 1.165) is 5.56 Å². The number of fused-ring (bicyclic) bond motifs is 1. The molecule has 0 fully saturated rings. The molecule has 0 aromatic heterocycles. The maximum atomic E-state index is 12.9. The third-order valence-electron chi connectivity index (χ3n) is 3.92. The fourth-order valence-corrected chi connectivity index (χ4v) is 3.82. The van der Waals surface area contributed by atoms with Crippen molar-refractivity contribution in [3.63, 3.8) is 0 Å². The van der Waals surface area contributed by atoms with Gasteiger partial charge < -0.3 is 4.74 Å². The largest absolute Gasteiger partial charge is 0.497 e. The predicted molar refractivity (Wildman–Crippen MR) is 90.4 cm³/mol. The highest BCUT2D eigenvalue weighted by Gasteiger charge is 2.26. The number of carbonyl (C=O) groups is 1. The molecule has 0 radical (unpaired) electrons. The van der Waals surface area contributed by atoms with Crippen molar-refractivity contribution in [2.24, 2.45) is 0 Å². The number of ketones is 1. The van der Waals surface area contributed by atoms with Crippen LogP contribution in [0.25, 0.3) is 0 Å². The number of hydrogen-bond donors (Lipinski definition) is 0. The lowest BCUT2D eigenvalue weighted by Crippen LogP contribution is -2.25. The van der Waals surface area contributed by atoms with E-state index in [1.807, 2.05) is 6.92 Å². The molecule has 0 saturated heterocycles. The summed E-state index contributed by atoms with van der Waals surface area (Å²) in [5.41, 5.74) is 2.07. The lowest BCUT2D eigenvalue weighted by Gasteiger charge is -2.20. The number of ether oxygens (including phenoxy) is 1. The Morgan fingerprint density at radius 3 is 2.46 bits per heavy atom. The molecule has 24 heavy (non-hydrogen) atoms. The van der Waals surface area contributed by atoms with Gasteiger partial charge in [-0.25, -0.2) is 8.42 Å². The van der Waals surface area contributed by atoms with E-state index in [0.29, 0.717) is 16.9 Å². The van der Waals surface area contributed by atoms with Crippen molar-refractivity contribution in [1.82, 2.24) is 4.31 Å². The van der Waals surface area contributed by atoms with Crippen molar-refractivity contribution in [3.8, 4) is 5.75 Å². The van der Waals surface area contributed by atoms with E-state index in [2.05, 4.69) is 0 Å². The Balaban J connectivity index is 2.04. The molecule has 0 spiro atoms. The second-order valence-electron chi connectivity index (χ2n) is 5.57. The molecule has 0 unspecified atom stereocenters. The topological polar surface area (TPSA) is 63.7 Å². The SMILES string of the molecule is COc1ccc2c(c1)CN(S(=O)(=O)c1ccc(C)cc1)C=CC2=O. The highest BCUT2D eigenvalue weighted by molar-refractivity contribution is 7.89. The number of carbonyl (C=O) groups excluding carboxylic acids is 1. The summed E-state index contributed by atoms with van der Waals surface area (Å²) in [5, 5.41) is 0. The van der Waals surface area contributed by atoms with Crippen LogP contribution in [0.15, 0.2) is 59.6 Å². The highest BCUT2D eigenvalue weighted by Crippen LogP contribution is 2.26. The average molecular weight is 343 g/mol. The van der Waals surface area contributed by atoms with E-state index in [-0.39, 0.29) is 17.2 Å². The molecule has 1 aliphatic heterocycles. The van der Waals surface area contributed by atoms with Crippen LogP contribution >= 0.6 is 0 Å². The van der Waals surface area contributed by atoms with Gasteiger partial charge in [-0.1, -0.05) is 17.7 Å². The van der Waals surface area contributed by atoms with Crippen LogP contribution in [-0.2, 0) is 16.6 Å². The number of hydrogen-bond acceptors (Lipinski definition) is 4. The van der Waals surface area contributed by atoms with Crippen LogP contribution in [0.4, 0.5) is 0 Å². The van der Waals surface area contributed by atoms with Gasteiger partial charge in [-0.3, -0.25) is 9.10 Å². The Morgan fingerprint density at radius 1 is 1.08 bits per heavy atom. The summed E-state index contributed by atoms with van der Waals surface area (Å²) in [4.78, 5) is 12.4. The van der Waals surface area contributed by atoms with Gasteiger partial charge in [0.1, 0.15) is 5.75 Å². The van der Waals surface area contributed by atoms with Crippen LogP contribution < -0.4 is 4.74 Å². The molecule has 0 N–H and O–H groups in total. The molecule has 1 heterocycles. The van der Waals surface area contributed by atoms with Crippen LogP contribution in [-0.4, -0.2) is 25.6 Å². The lowest BCUT2D eigenvalue weighted by molar-refractivity contribution is 0.104. The Kier molecular flexibility index (Phi) is 4.15. The van der Waals surface area contributed by atoms with E-state index in [9.17, 15) is 13.2 Å². The summed E-state index contributed by atoms with van der Waals surface area (Å²) < 4.78 is 32.1. The van der Waals surface area contributed by atoms with Crippen molar-refractivity contribution in [2.45, 2.75) is 18.4 Å². The van der Waals surface area contributed by atoms with Gasteiger partial charge in [0, 0.05) is 17.8 Å². The number of sulfonamides is 1. The van der Waals surface area contributed by atoms with Crippen molar-refractivity contribution < 1.29 is 17.9 Å². The molecule has 0 atom stereocenters. The standard InChI is InChI=1S/C18H17NO4S/c1-13-3-6-16(7-4-13)24(21,22)19-10-9-18(20)17-8-5-15(23-2)11-14(17)12-19/h3-11H,12H2,1-2H3. The second-order valence-corrected chi connectivity index (χ2v) is 7.46. The molecule has 0 saturated carbocycles. The molecule has 2 aromatic carbocycles. The molecule has 1 aliphatic rings. The fourth-order valence-electron chi connectivity index (χ4n) is 2.54. The number of rotatable bonds is 3. The number of benzene rings is 2. The Labute approximate surface area is 141 Å². The molecule has 0 aliphatic carbocycles. The monoisotopic (exact) mass is 343 g/mol. The zero-order valence-corrected chi connectivity index (χ0v) is 14.2. The minimum absolute atomic E-state index is 0.0744. The minimum Gasteiger partial charge on any atom is -0.497 e. The van der Waals surface area contributed by atoms with Gasteiger partial charge in [-0.2, -0.15) is 0 Å². The first kappa shape index (κ1) is 16.3. The zero-order valence-electron chi connectivity index (χ0n) is 13.4. The van der Waals surface area contributed by atoms with Crippen molar-refractivity contribution in [2.75, 3.05) is 7.11 Å². The van der Waals surface area contributed by atoms with E-state index >= 15 is 0 Å². The molecule has 0 bridgehead atoms. The minimum atomic E-state index is -3.73. The maximum absolute atomic E-state index is 12.9. The van der Waals surface area contributed by atoms with Crippen molar-refractivity contribution in [3.05, 3.63) is 71.4 Å². The van der Waals surface area contributed by atoms with Gasteiger partial charge in [0.2, 0.25) is 0 Å². The first-order valence-corrected chi connectivity index (χ1v) is 8.84. The average Bonchev–Trinajstić information content (AvgIpc) is 2.74. The number of aryl methyl sites for hydroxylation is 1. The number of methoxy groups -OCH3 is 1. The molecular formula is C18H17NO4S. The van der Waals surface area contributed by atoms with Gasteiger partial charge in [-0.05, 0) is 42.8 Å². The van der Waals surface area contributed by atoms with E-state index < -0.39 is 10.0 Å². The Morgan fingerprint density at radius 2 is 1.79 bits per heavy atom. The van der Waals surface area contributed by atoms with Gasteiger partial charge >= 0.3 is 0 Å². The Hall–Kier alpha value is -2.60. The summed E-state index contributed by atoms with van der Waals surface area (Å²) >= 11 is 0. The summed E-state index contributed by atoms with van der Waals surface area (Å²) in [5.74, 6) is 0.352. The first-order chi connectivity index (χ1) is 11.4. The maximum Gasteiger partial charge on any atom is 0.264 e. The quantitative estimate of drug-likeness (QED) is 0.860. The predicted octanol–water partition coefficient (Wildman–Crippen LogP) is 2.90. The summed E-state index contributed by atoms with van der Waals surface area (Å²) in [6.07, 6.45) is 2.61. The van der Waals surface area contributed by atoms with Crippen molar-refractivity contribution >= 4 is 15.8 Å². The van der Waals surface area contributed by atoms with Crippen LogP contribution in [0, 0.1) is 6.92 Å². The van der Waals surface area contributed by atoms with Crippen LogP contribution in [0.3, 0.4) is 0 Å². The van der Waals surface area contributed by atoms with E-state index in [1.165, 1.54) is 23.7 Å². The Bertz CT molecular complexity index is 915. The lowest BCUT2D eigenvalue weighted by atomic mass is 10.0. The van der Waals surface area contributed by atoms with Gasteiger partial charge in [-0.15, -0.1) is 0 Å².